The zero-order valence-electron chi connectivity index (χ0n) is 14.7. The molecule has 0 amide bonds. The summed E-state index contributed by atoms with van der Waals surface area (Å²) in [5.74, 6) is 0.823. The van der Waals surface area contributed by atoms with Crippen LogP contribution in [-0.4, -0.2) is 43.4 Å². The molecule has 140 valence electrons. The van der Waals surface area contributed by atoms with Gasteiger partial charge in [-0.3, -0.25) is 0 Å². The molecule has 0 aliphatic heterocycles. The van der Waals surface area contributed by atoms with E-state index in [1.165, 1.54) is 11.0 Å². The highest BCUT2D eigenvalue weighted by Gasteiger charge is 2.13. The lowest BCUT2D eigenvalue weighted by molar-refractivity contribution is 0.0430. The standard InChI is InChI=1S/C18H14N6O4/c1-26-15-8-4-12(5-9-15)17-20-16(28-21-17)10-27-18(25)13-2-6-14(7-3-13)24-11-19-22-23-24/h2-9,11H,10H2,1H3. The van der Waals surface area contributed by atoms with Crippen LogP contribution < -0.4 is 4.74 Å². The van der Waals surface area contributed by atoms with Crippen molar-refractivity contribution in [2.45, 2.75) is 6.61 Å². The molecular weight excluding hydrogens is 364 g/mol. The number of aromatic nitrogens is 6. The van der Waals surface area contributed by atoms with Crippen LogP contribution in [0, 0.1) is 0 Å². The monoisotopic (exact) mass is 378 g/mol. The van der Waals surface area contributed by atoms with Crippen LogP contribution in [0.15, 0.2) is 59.4 Å². The van der Waals surface area contributed by atoms with Crippen molar-refractivity contribution < 1.29 is 18.8 Å². The minimum Gasteiger partial charge on any atom is -0.497 e. The quantitative estimate of drug-likeness (QED) is 0.465. The summed E-state index contributed by atoms with van der Waals surface area (Å²) < 4.78 is 17.0. The third-order valence-corrected chi connectivity index (χ3v) is 3.86. The fourth-order valence-corrected chi connectivity index (χ4v) is 2.41. The molecule has 0 aliphatic rings. The Kier molecular flexibility index (Phi) is 4.74. The SMILES string of the molecule is COc1ccc(-c2noc(COC(=O)c3ccc(-n4cnnn4)cc3)n2)cc1. The van der Waals surface area contributed by atoms with Gasteiger partial charge < -0.3 is 14.0 Å². The number of nitrogens with zero attached hydrogens (tertiary/aromatic N) is 6. The minimum atomic E-state index is -0.507. The number of esters is 1. The van der Waals surface area contributed by atoms with Crippen LogP contribution in [0.2, 0.25) is 0 Å². The minimum absolute atomic E-state index is 0.128. The van der Waals surface area contributed by atoms with Gasteiger partial charge in [-0.25, -0.2) is 9.48 Å². The van der Waals surface area contributed by atoms with Crippen molar-refractivity contribution in [1.29, 1.82) is 0 Å². The summed E-state index contributed by atoms with van der Waals surface area (Å²) in [4.78, 5) is 16.4. The summed E-state index contributed by atoms with van der Waals surface area (Å²) in [6, 6.07) is 13.9. The maximum atomic E-state index is 12.2. The number of carbonyl (C=O) groups is 1. The summed E-state index contributed by atoms with van der Waals surface area (Å²) in [6.45, 7) is -0.128. The first-order valence-corrected chi connectivity index (χ1v) is 8.20. The Balaban J connectivity index is 1.37. The molecule has 0 atom stereocenters. The number of hydrogen-bond donors (Lipinski definition) is 0. The lowest BCUT2D eigenvalue weighted by Crippen LogP contribution is -2.06. The molecule has 0 saturated carbocycles. The highest BCUT2D eigenvalue weighted by molar-refractivity contribution is 5.89. The van der Waals surface area contributed by atoms with Crippen molar-refractivity contribution in [3.63, 3.8) is 0 Å². The number of methoxy groups -OCH3 is 1. The van der Waals surface area contributed by atoms with Gasteiger partial charge in [-0.1, -0.05) is 5.16 Å². The average Bonchev–Trinajstić information content (AvgIpc) is 3.44. The van der Waals surface area contributed by atoms with E-state index in [2.05, 4.69) is 25.7 Å². The number of benzene rings is 2. The van der Waals surface area contributed by atoms with Crippen LogP contribution >= 0.6 is 0 Å². The van der Waals surface area contributed by atoms with E-state index in [1.54, 1.807) is 43.5 Å². The van der Waals surface area contributed by atoms with Crippen molar-refractivity contribution in [2.75, 3.05) is 7.11 Å². The van der Waals surface area contributed by atoms with Crippen molar-refractivity contribution in [3.05, 3.63) is 66.3 Å². The predicted molar refractivity (Wildman–Crippen MR) is 94.6 cm³/mol. The van der Waals surface area contributed by atoms with Gasteiger partial charge in [-0.15, -0.1) is 5.10 Å². The van der Waals surface area contributed by atoms with Gasteiger partial charge in [0.05, 0.1) is 18.4 Å². The van der Waals surface area contributed by atoms with Crippen molar-refractivity contribution >= 4 is 5.97 Å². The maximum absolute atomic E-state index is 12.2. The summed E-state index contributed by atoms with van der Waals surface area (Å²) in [7, 11) is 1.59. The van der Waals surface area contributed by atoms with E-state index < -0.39 is 5.97 Å². The molecule has 0 unspecified atom stereocenters. The highest BCUT2D eigenvalue weighted by atomic mass is 16.6. The summed E-state index contributed by atoms with van der Waals surface area (Å²) >= 11 is 0. The number of rotatable bonds is 6. The van der Waals surface area contributed by atoms with Crippen LogP contribution in [0.5, 0.6) is 5.75 Å². The van der Waals surface area contributed by atoms with Gasteiger partial charge in [0, 0.05) is 5.56 Å². The van der Waals surface area contributed by atoms with Gasteiger partial charge in [0.1, 0.15) is 12.1 Å². The van der Waals surface area contributed by atoms with Crippen LogP contribution in [0.4, 0.5) is 0 Å². The third kappa shape index (κ3) is 3.70. The molecule has 2 heterocycles. The molecule has 0 radical (unpaired) electrons. The summed E-state index contributed by atoms with van der Waals surface area (Å²) in [5.41, 5.74) is 1.87. The van der Waals surface area contributed by atoms with E-state index in [1.807, 2.05) is 12.1 Å². The zero-order chi connectivity index (χ0) is 19.3. The Labute approximate surface area is 158 Å². The first-order chi connectivity index (χ1) is 13.7. The molecule has 2 aromatic heterocycles. The largest absolute Gasteiger partial charge is 0.497 e. The number of carbonyl (C=O) groups excluding carboxylic acids is 1. The Bertz CT molecular complexity index is 1060. The lowest BCUT2D eigenvalue weighted by atomic mass is 10.2. The smallest absolute Gasteiger partial charge is 0.338 e. The second-order valence-electron chi connectivity index (χ2n) is 5.62. The molecule has 0 bridgehead atoms. The fraction of sp³-hybridized carbons (Fsp3) is 0.111. The van der Waals surface area contributed by atoms with Crippen LogP contribution in [-0.2, 0) is 11.3 Å². The molecule has 10 heteroatoms. The van der Waals surface area contributed by atoms with E-state index in [-0.39, 0.29) is 12.5 Å². The van der Waals surface area contributed by atoms with Crippen LogP contribution in [0.25, 0.3) is 17.1 Å². The van der Waals surface area contributed by atoms with Gasteiger partial charge in [0.2, 0.25) is 5.82 Å². The van der Waals surface area contributed by atoms with E-state index in [0.717, 1.165) is 17.0 Å². The Morgan fingerprint density at radius 1 is 1.11 bits per heavy atom. The maximum Gasteiger partial charge on any atom is 0.338 e. The van der Waals surface area contributed by atoms with Gasteiger partial charge in [0.25, 0.3) is 5.89 Å². The molecular formula is C18H14N6O4. The number of tetrazole rings is 1. The fourth-order valence-electron chi connectivity index (χ4n) is 2.41. The summed E-state index contributed by atoms with van der Waals surface area (Å²) in [6.07, 6.45) is 1.46. The van der Waals surface area contributed by atoms with Crippen LogP contribution in [0.3, 0.4) is 0 Å². The number of hydrogen-bond acceptors (Lipinski definition) is 9. The normalized spacial score (nSPS) is 10.6. The molecule has 0 aliphatic carbocycles. The van der Waals surface area contributed by atoms with Crippen molar-refractivity contribution in [1.82, 2.24) is 30.3 Å². The van der Waals surface area contributed by atoms with E-state index >= 15 is 0 Å². The second kappa shape index (κ2) is 7.66. The average molecular weight is 378 g/mol. The highest BCUT2D eigenvalue weighted by Crippen LogP contribution is 2.20. The zero-order valence-corrected chi connectivity index (χ0v) is 14.7. The molecule has 28 heavy (non-hydrogen) atoms. The molecule has 10 nitrogen and oxygen atoms in total. The van der Waals surface area contributed by atoms with E-state index in [4.69, 9.17) is 14.0 Å². The van der Waals surface area contributed by atoms with Crippen LogP contribution in [0.1, 0.15) is 16.2 Å². The molecule has 0 N–H and O–H groups in total. The van der Waals surface area contributed by atoms with Gasteiger partial charge in [-0.05, 0) is 59.0 Å². The lowest BCUT2D eigenvalue weighted by Gasteiger charge is -2.03. The van der Waals surface area contributed by atoms with Gasteiger partial charge in [-0.2, -0.15) is 4.98 Å². The molecule has 0 spiro atoms. The molecule has 4 rings (SSSR count). The first kappa shape index (κ1) is 17.3. The molecule has 4 aromatic rings. The first-order valence-electron chi connectivity index (χ1n) is 8.20. The number of ether oxygens (including phenoxy) is 2. The second-order valence-corrected chi connectivity index (χ2v) is 5.62. The van der Waals surface area contributed by atoms with E-state index in [0.29, 0.717) is 11.4 Å². The predicted octanol–water partition coefficient (Wildman–Crippen LogP) is 2.08. The third-order valence-electron chi connectivity index (χ3n) is 3.86. The van der Waals surface area contributed by atoms with Crippen molar-refractivity contribution in [2.24, 2.45) is 0 Å². The Morgan fingerprint density at radius 2 is 1.89 bits per heavy atom. The van der Waals surface area contributed by atoms with Gasteiger partial charge >= 0.3 is 5.97 Å². The molecule has 0 fully saturated rings. The Hall–Kier alpha value is -4.08. The topological polar surface area (TPSA) is 118 Å². The molecule has 2 aromatic carbocycles. The van der Waals surface area contributed by atoms with E-state index in [9.17, 15) is 4.79 Å². The Morgan fingerprint density at radius 3 is 2.57 bits per heavy atom. The van der Waals surface area contributed by atoms with Crippen molar-refractivity contribution in [3.8, 4) is 22.8 Å². The van der Waals surface area contributed by atoms with Gasteiger partial charge in [0.15, 0.2) is 6.61 Å². The molecule has 0 saturated heterocycles. The summed E-state index contributed by atoms with van der Waals surface area (Å²) in [5, 5.41) is 14.8.